The van der Waals surface area contributed by atoms with Crippen LogP contribution in [0.1, 0.15) is 31.5 Å². The van der Waals surface area contributed by atoms with Gasteiger partial charge >= 0.3 is 6.16 Å². The van der Waals surface area contributed by atoms with Gasteiger partial charge in [-0.2, -0.15) is 8.42 Å². The zero-order valence-corrected chi connectivity index (χ0v) is 19.6. The van der Waals surface area contributed by atoms with Crippen LogP contribution in [0.15, 0.2) is 4.79 Å². The van der Waals surface area contributed by atoms with E-state index < -0.39 is 78.9 Å². The molecule has 2 aromatic rings. The second kappa shape index (κ2) is 9.56. The highest BCUT2D eigenvalue weighted by Crippen LogP contribution is 2.44. The third kappa shape index (κ3) is 4.89. The first kappa shape index (κ1) is 26.6. The average molecular weight is 521 g/mol. The predicted octanol–water partition coefficient (Wildman–Crippen LogP) is 0.959. The van der Waals surface area contributed by atoms with E-state index in [2.05, 4.69) is 9.64 Å². The molecule has 15 heteroatoms. The van der Waals surface area contributed by atoms with E-state index in [9.17, 15) is 22.6 Å². The molecule has 1 aromatic carbocycles. The largest absolute Gasteiger partial charge is 0.511 e. The van der Waals surface area contributed by atoms with Gasteiger partial charge in [0.15, 0.2) is 11.6 Å². The Bertz CT molecular complexity index is 1340. The first-order valence-electron chi connectivity index (χ1n) is 10.6. The Morgan fingerprint density at radius 3 is 2.26 bits per heavy atom. The lowest BCUT2D eigenvalue weighted by Gasteiger charge is -2.36. The average Bonchev–Trinajstić information content (AvgIpc) is 3.59. The number of nitrogen functional groups attached to an aromatic ring is 1. The molecule has 0 radical (unpaired) electrons. The topological polar surface area (TPSA) is 187 Å². The molecule has 0 spiro atoms. The number of fused-ring (bicyclic) bond motifs is 1. The van der Waals surface area contributed by atoms with Crippen molar-refractivity contribution in [3.63, 3.8) is 0 Å². The van der Waals surface area contributed by atoms with Crippen molar-refractivity contribution in [1.82, 2.24) is 9.47 Å². The Hall–Kier alpha value is -3.01. The van der Waals surface area contributed by atoms with Crippen LogP contribution < -0.4 is 20.8 Å². The molecule has 0 bridgehead atoms. The van der Waals surface area contributed by atoms with Crippen molar-refractivity contribution >= 4 is 38.6 Å². The fourth-order valence-corrected chi connectivity index (χ4v) is 5.05. The van der Waals surface area contributed by atoms with Gasteiger partial charge in [-0.3, -0.25) is 9.35 Å². The zero-order valence-electron chi connectivity index (χ0n) is 18.8. The number of pyridine rings is 1. The van der Waals surface area contributed by atoms with E-state index in [4.69, 9.17) is 10.8 Å². The second-order valence-electron chi connectivity index (χ2n) is 8.34. The van der Waals surface area contributed by atoms with Gasteiger partial charge in [0.05, 0.1) is 22.3 Å². The first-order valence-corrected chi connectivity index (χ1v) is 12.3. The van der Waals surface area contributed by atoms with Gasteiger partial charge in [-0.05, 0) is 19.4 Å². The Morgan fingerprint density at radius 1 is 1.17 bits per heavy atom. The van der Waals surface area contributed by atoms with Crippen LogP contribution >= 0.6 is 0 Å². The molecular weight excluding hydrogens is 494 g/mol. The molecule has 194 valence electrons. The van der Waals surface area contributed by atoms with E-state index in [1.165, 1.54) is 4.90 Å². The number of rotatable bonds is 6. The molecule has 1 saturated heterocycles. The molecule has 0 unspecified atom stereocenters. The lowest BCUT2D eigenvalue weighted by molar-refractivity contribution is 0.143. The van der Waals surface area contributed by atoms with Gasteiger partial charge in [-0.1, -0.05) is 6.92 Å². The summed E-state index contributed by atoms with van der Waals surface area (Å²) in [6.07, 6.45) is -1.05. The Morgan fingerprint density at radius 2 is 1.77 bits per heavy atom. The molecule has 1 aliphatic carbocycles. The highest BCUT2D eigenvalue weighted by atomic mass is 32.2. The van der Waals surface area contributed by atoms with Gasteiger partial charge in [-0.25, -0.2) is 13.6 Å². The lowest BCUT2D eigenvalue weighted by Crippen LogP contribution is -2.47. The van der Waals surface area contributed by atoms with Crippen LogP contribution in [-0.4, -0.2) is 71.9 Å². The van der Waals surface area contributed by atoms with Gasteiger partial charge < -0.3 is 35.4 Å². The normalized spacial score (nSPS) is 16.9. The molecule has 2 aliphatic rings. The molecule has 6 N–H and O–H groups in total. The van der Waals surface area contributed by atoms with Crippen LogP contribution in [0.4, 0.5) is 25.0 Å². The molecule has 12 nitrogen and oxygen atoms in total. The molecule has 1 aliphatic heterocycles. The van der Waals surface area contributed by atoms with Gasteiger partial charge in [0.2, 0.25) is 11.2 Å². The number of ether oxygens (including phenoxy) is 1. The number of nitrogens with zero attached hydrogens (tertiary/aromatic N) is 3. The van der Waals surface area contributed by atoms with E-state index in [0.29, 0.717) is 39.0 Å². The molecular formula is C20H26F2N4O8S. The number of aromatic nitrogens is 1. The van der Waals surface area contributed by atoms with Crippen molar-refractivity contribution < 1.29 is 41.9 Å². The summed E-state index contributed by atoms with van der Waals surface area (Å²) in [7, 11) is -4.80. The molecule has 35 heavy (non-hydrogen) atoms. The minimum Gasteiger partial charge on any atom is -0.449 e. The van der Waals surface area contributed by atoms with Crippen molar-refractivity contribution in [2.45, 2.75) is 31.6 Å². The number of likely N-dealkylation sites (N-methyl/N-ethyl adjacent to an activating group) is 1. The maximum Gasteiger partial charge on any atom is 0.511 e. The summed E-state index contributed by atoms with van der Waals surface area (Å²) in [5.74, 6) is -4.47. The number of hydrogen-bond donors (Lipinski definition) is 3. The highest BCUT2D eigenvalue weighted by molar-refractivity contribution is 7.85. The fourth-order valence-electron chi connectivity index (χ4n) is 4.43. The summed E-state index contributed by atoms with van der Waals surface area (Å²) in [5.41, 5.74) is 2.53. The zero-order chi connectivity index (χ0) is 24.9. The van der Waals surface area contributed by atoms with E-state index in [1.807, 2.05) is 6.92 Å². The van der Waals surface area contributed by atoms with Gasteiger partial charge in [0, 0.05) is 32.2 Å². The van der Waals surface area contributed by atoms with Gasteiger partial charge in [-0.15, -0.1) is 0 Å². The molecule has 0 amide bonds. The third-order valence-electron chi connectivity index (χ3n) is 6.15. The maximum atomic E-state index is 16.0. The number of halogens is 2. The molecule has 2 fully saturated rings. The monoisotopic (exact) mass is 520 g/mol. The number of carbonyl (C=O) groups is 1. The maximum absolute atomic E-state index is 16.0. The Labute approximate surface area is 198 Å². The SMILES string of the molecule is CCN1CCN(c2c(F)c(N)c3c(=O)c(OC(=O)O)c(CS(=O)(=O)O)n(C4CC4)c3c2F)CC1.O. The molecule has 1 saturated carbocycles. The molecule has 0 atom stereocenters. The Balaban J connectivity index is 0.00000342. The molecule has 1 aromatic heterocycles. The van der Waals surface area contributed by atoms with Crippen molar-refractivity contribution in [3.8, 4) is 5.75 Å². The van der Waals surface area contributed by atoms with Crippen LogP contribution in [0.5, 0.6) is 5.75 Å². The highest BCUT2D eigenvalue weighted by Gasteiger charge is 2.37. The van der Waals surface area contributed by atoms with Crippen molar-refractivity contribution in [2.75, 3.05) is 43.4 Å². The summed E-state index contributed by atoms with van der Waals surface area (Å²) in [6.45, 7) is 4.40. The molecule has 2 heterocycles. The van der Waals surface area contributed by atoms with Crippen molar-refractivity contribution in [1.29, 1.82) is 0 Å². The fraction of sp³-hybridized carbons (Fsp3) is 0.500. The van der Waals surface area contributed by atoms with Crippen LogP contribution in [0, 0.1) is 11.6 Å². The summed E-state index contributed by atoms with van der Waals surface area (Å²) in [5, 5.41) is 8.45. The van der Waals surface area contributed by atoms with Crippen LogP contribution in [-0.2, 0) is 15.9 Å². The Kier molecular flexibility index (Phi) is 7.26. The number of benzene rings is 1. The van der Waals surface area contributed by atoms with Gasteiger partial charge in [0.1, 0.15) is 11.4 Å². The van der Waals surface area contributed by atoms with Crippen LogP contribution in [0.25, 0.3) is 10.9 Å². The van der Waals surface area contributed by atoms with E-state index in [1.54, 1.807) is 0 Å². The van der Waals surface area contributed by atoms with Crippen LogP contribution in [0.2, 0.25) is 0 Å². The standard InChI is InChI=1S/C20H24F2N4O7S.H2O/c1-2-24-5-7-25(8-6-24)17-13(21)15(23)12-16(14(17)22)26(10-3-4-10)11(9-34(30,31)32)19(18(12)27)33-20(28)29;/h10H,2-9,23H2,1H3,(H,28,29)(H,30,31,32);1H2. The number of anilines is 2. The lowest BCUT2D eigenvalue weighted by atomic mass is 10.1. The van der Waals surface area contributed by atoms with Crippen molar-refractivity contribution in [3.05, 3.63) is 27.6 Å². The second-order valence-corrected chi connectivity index (χ2v) is 9.79. The quantitative estimate of drug-likeness (QED) is 0.281. The van der Waals surface area contributed by atoms with E-state index >= 15 is 8.78 Å². The first-order chi connectivity index (χ1) is 15.9. The number of piperazine rings is 1. The predicted molar refractivity (Wildman–Crippen MR) is 123 cm³/mol. The number of carboxylic acid groups (broad SMARTS) is 1. The summed E-state index contributed by atoms with van der Waals surface area (Å²) in [4.78, 5) is 27.9. The van der Waals surface area contributed by atoms with Crippen LogP contribution in [0.3, 0.4) is 0 Å². The third-order valence-corrected chi connectivity index (χ3v) is 6.79. The summed E-state index contributed by atoms with van der Waals surface area (Å²) < 4.78 is 69.9. The minimum absolute atomic E-state index is 0. The number of nitrogens with two attached hydrogens (primary N) is 1. The van der Waals surface area contributed by atoms with E-state index in [0.717, 1.165) is 11.1 Å². The van der Waals surface area contributed by atoms with Gasteiger partial charge in [0.25, 0.3) is 10.1 Å². The minimum atomic E-state index is -4.80. The summed E-state index contributed by atoms with van der Waals surface area (Å²) >= 11 is 0. The number of hydrogen-bond acceptors (Lipinski definition) is 8. The smallest absolute Gasteiger partial charge is 0.449 e. The summed E-state index contributed by atoms with van der Waals surface area (Å²) in [6, 6.07) is -0.528. The van der Waals surface area contributed by atoms with E-state index in [-0.39, 0.29) is 5.48 Å². The van der Waals surface area contributed by atoms with Crippen molar-refractivity contribution in [2.24, 2.45) is 0 Å². The molecule has 4 rings (SSSR count).